The molecule has 3 rings (SSSR count). The van der Waals surface area contributed by atoms with E-state index in [0.717, 1.165) is 17.0 Å². The average Bonchev–Trinajstić information content (AvgIpc) is 2.96. The Balaban J connectivity index is 2.23. The maximum absolute atomic E-state index is 12.5. The van der Waals surface area contributed by atoms with E-state index in [1.54, 1.807) is 11.7 Å². The maximum Gasteiger partial charge on any atom is 0.328 e. The first-order valence-electron chi connectivity index (χ1n) is 9.27. The van der Waals surface area contributed by atoms with Crippen LogP contribution in [0.4, 0.5) is 0 Å². The summed E-state index contributed by atoms with van der Waals surface area (Å²) in [5.41, 5.74) is 3.75. The van der Waals surface area contributed by atoms with Gasteiger partial charge in [0.25, 0.3) is 0 Å². The van der Waals surface area contributed by atoms with Crippen molar-refractivity contribution in [2.24, 2.45) is 5.92 Å². The third kappa shape index (κ3) is 3.49. The number of fused-ring (bicyclic) bond motifs is 1. The summed E-state index contributed by atoms with van der Waals surface area (Å²) in [6.07, 6.45) is 0. The van der Waals surface area contributed by atoms with Crippen molar-refractivity contribution < 1.29 is 9.84 Å². The minimum atomic E-state index is -0.335. The second-order valence-electron chi connectivity index (χ2n) is 7.48. The highest BCUT2D eigenvalue weighted by Crippen LogP contribution is 2.33. The van der Waals surface area contributed by atoms with Crippen molar-refractivity contribution in [3.63, 3.8) is 0 Å². The van der Waals surface area contributed by atoms with Crippen LogP contribution in [0.1, 0.15) is 45.2 Å². The van der Waals surface area contributed by atoms with Gasteiger partial charge in [0.15, 0.2) is 5.65 Å². The Bertz CT molecular complexity index is 1000. The van der Waals surface area contributed by atoms with Crippen molar-refractivity contribution in [1.29, 1.82) is 0 Å². The van der Waals surface area contributed by atoms with Gasteiger partial charge >= 0.3 is 5.69 Å². The van der Waals surface area contributed by atoms with Crippen LogP contribution in [0.2, 0.25) is 0 Å². The lowest BCUT2D eigenvalue weighted by Crippen LogP contribution is -2.28. The first-order chi connectivity index (χ1) is 12.9. The molecule has 2 N–H and O–H groups in total. The smallest absolute Gasteiger partial charge is 0.328 e. The largest absolute Gasteiger partial charge is 0.496 e. The van der Waals surface area contributed by atoms with Crippen LogP contribution in [-0.2, 0) is 0 Å². The van der Waals surface area contributed by atoms with Gasteiger partial charge in [-0.15, -0.1) is 0 Å². The average molecular weight is 369 g/mol. The number of aliphatic hydroxyl groups excluding tert-OH is 1. The van der Waals surface area contributed by atoms with Crippen molar-refractivity contribution in [1.82, 2.24) is 14.5 Å². The molecule has 144 valence electrons. The van der Waals surface area contributed by atoms with Gasteiger partial charge in [0, 0.05) is 5.56 Å². The highest BCUT2D eigenvalue weighted by Gasteiger charge is 2.21. The molecule has 0 aliphatic heterocycles. The number of nitrogens with zero attached hydrogens (tertiary/aromatic N) is 2. The first kappa shape index (κ1) is 19.2. The van der Waals surface area contributed by atoms with Crippen LogP contribution in [-0.4, -0.2) is 33.4 Å². The normalized spacial score (nSPS) is 12.9. The number of ether oxygens (including phenoxy) is 1. The molecule has 27 heavy (non-hydrogen) atoms. The number of aromatic amines is 1. The summed E-state index contributed by atoms with van der Waals surface area (Å²) in [4.78, 5) is 20.1. The molecular formula is C21H27N3O3. The summed E-state index contributed by atoms with van der Waals surface area (Å²) in [7, 11) is 1.64. The molecule has 0 radical (unpaired) electrons. The van der Waals surface area contributed by atoms with E-state index in [4.69, 9.17) is 9.72 Å². The van der Waals surface area contributed by atoms with Gasteiger partial charge in [-0.2, -0.15) is 0 Å². The van der Waals surface area contributed by atoms with E-state index in [1.807, 2.05) is 32.0 Å². The Hall–Kier alpha value is -2.60. The molecule has 0 bridgehead atoms. The molecule has 6 heteroatoms. The fraction of sp³-hybridized carbons (Fsp3) is 0.429. The van der Waals surface area contributed by atoms with Crippen LogP contribution >= 0.6 is 0 Å². The Morgan fingerprint density at radius 3 is 2.52 bits per heavy atom. The van der Waals surface area contributed by atoms with Crippen LogP contribution in [0, 0.1) is 5.92 Å². The molecule has 0 saturated carbocycles. The van der Waals surface area contributed by atoms with Crippen molar-refractivity contribution in [3.05, 3.63) is 46.4 Å². The van der Waals surface area contributed by atoms with E-state index in [2.05, 4.69) is 31.0 Å². The lowest BCUT2D eigenvalue weighted by atomic mass is 9.98. The molecule has 2 heterocycles. The molecule has 0 amide bonds. The number of hydrogen-bond donors (Lipinski definition) is 2. The Labute approximate surface area is 158 Å². The predicted octanol–water partition coefficient (Wildman–Crippen LogP) is 3.71. The number of nitrogens with one attached hydrogen (secondary N) is 1. The van der Waals surface area contributed by atoms with Crippen LogP contribution in [0.3, 0.4) is 0 Å². The summed E-state index contributed by atoms with van der Waals surface area (Å²) >= 11 is 0. The zero-order chi connectivity index (χ0) is 19.7. The molecule has 1 atom stereocenters. The highest BCUT2D eigenvalue weighted by atomic mass is 16.5. The number of methoxy groups -OCH3 is 1. The van der Waals surface area contributed by atoms with Gasteiger partial charge in [-0.25, -0.2) is 9.78 Å². The Morgan fingerprint density at radius 1 is 1.19 bits per heavy atom. The molecule has 0 saturated heterocycles. The molecule has 1 aromatic carbocycles. The summed E-state index contributed by atoms with van der Waals surface area (Å²) in [6, 6.07) is 9.49. The van der Waals surface area contributed by atoms with E-state index in [0.29, 0.717) is 17.1 Å². The first-order valence-corrected chi connectivity index (χ1v) is 9.27. The Kier molecular flexibility index (Phi) is 5.37. The number of imidazole rings is 1. The molecule has 0 spiro atoms. The van der Waals surface area contributed by atoms with Crippen molar-refractivity contribution in [2.75, 3.05) is 13.7 Å². The summed E-state index contributed by atoms with van der Waals surface area (Å²) in [5.74, 6) is 1.21. The van der Waals surface area contributed by atoms with Gasteiger partial charge in [0.2, 0.25) is 0 Å². The van der Waals surface area contributed by atoms with Crippen molar-refractivity contribution >= 4 is 11.2 Å². The van der Waals surface area contributed by atoms with Gasteiger partial charge in [0.1, 0.15) is 5.75 Å². The third-order valence-electron chi connectivity index (χ3n) is 5.02. The van der Waals surface area contributed by atoms with Crippen LogP contribution in [0.5, 0.6) is 5.75 Å². The molecule has 0 unspecified atom stereocenters. The maximum atomic E-state index is 12.5. The second kappa shape index (κ2) is 7.56. The molecule has 0 fully saturated rings. The minimum absolute atomic E-state index is 0.0935. The number of pyridine rings is 1. The SMILES string of the molecule is COc1ccc(C(C)C)cc1-c1ccc2[nH]c(=O)n([C@H](CO)C(C)C)c2n1. The van der Waals surface area contributed by atoms with Crippen molar-refractivity contribution in [2.45, 2.75) is 39.7 Å². The number of rotatable bonds is 6. The summed E-state index contributed by atoms with van der Waals surface area (Å²) < 4.78 is 7.09. The van der Waals surface area contributed by atoms with Gasteiger partial charge in [-0.3, -0.25) is 4.57 Å². The molecule has 0 aliphatic carbocycles. The number of aromatic nitrogens is 3. The molecule has 3 aromatic rings. The quantitative estimate of drug-likeness (QED) is 0.694. The van der Waals surface area contributed by atoms with Gasteiger partial charge in [0.05, 0.1) is 31.0 Å². The van der Waals surface area contributed by atoms with Crippen molar-refractivity contribution in [3.8, 4) is 17.0 Å². The zero-order valence-corrected chi connectivity index (χ0v) is 16.5. The monoisotopic (exact) mass is 369 g/mol. The zero-order valence-electron chi connectivity index (χ0n) is 16.5. The lowest BCUT2D eigenvalue weighted by Gasteiger charge is -2.19. The Morgan fingerprint density at radius 2 is 1.93 bits per heavy atom. The second-order valence-corrected chi connectivity index (χ2v) is 7.48. The minimum Gasteiger partial charge on any atom is -0.496 e. The molecular weight excluding hydrogens is 342 g/mol. The number of H-pyrrole nitrogens is 1. The molecule has 6 nitrogen and oxygen atoms in total. The number of hydrogen-bond acceptors (Lipinski definition) is 4. The summed E-state index contributed by atoms with van der Waals surface area (Å²) in [6.45, 7) is 8.11. The van der Waals surface area contributed by atoms with Gasteiger partial charge in [-0.05, 0) is 41.7 Å². The van der Waals surface area contributed by atoms with Crippen LogP contribution in [0.25, 0.3) is 22.4 Å². The third-order valence-corrected chi connectivity index (χ3v) is 5.02. The van der Waals surface area contributed by atoms with Crippen LogP contribution < -0.4 is 10.4 Å². The van der Waals surface area contributed by atoms with E-state index in [1.165, 1.54) is 5.56 Å². The fourth-order valence-corrected chi connectivity index (χ4v) is 3.33. The molecule has 0 aliphatic rings. The van der Waals surface area contributed by atoms with Crippen LogP contribution in [0.15, 0.2) is 35.1 Å². The van der Waals surface area contributed by atoms with E-state index < -0.39 is 0 Å². The standard InChI is InChI=1S/C21H27N3O3/c1-12(2)14-6-9-19(27-5)15(10-14)16-7-8-17-20(22-16)24(21(26)23-17)18(11-25)13(3)4/h6-10,12-13,18,25H,11H2,1-5H3,(H,23,26)/t18-/m1/s1. The van der Waals surface area contributed by atoms with E-state index >= 15 is 0 Å². The highest BCUT2D eigenvalue weighted by molar-refractivity contribution is 5.78. The summed E-state index contributed by atoms with van der Waals surface area (Å²) in [5, 5.41) is 9.80. The van der Waals surface area contributed by atoms with Gasteiger partial charge in [-0.1, -0.05) is 33.8 Å². The molecule has 2 aromatic heterocycles. The lowest BCUT2D eigenvalue weighted by molar-refractivity contribution is 0.193. The number of aliphatic hydroxyl groups is 1. The predicted molar refractivity (Wildman–Crippen MR) is 107 cm³/mol. The number of benzene rings is 1. The van der Waals surface area contributed by atoms with E-state index in [9.17, 15) is 9.90 Å². The fourth-order valence-electron chi connectivity index (χ4n) is 3.33. The topological polar surface area (TPSA) is 80.1 Å². The van der Waals surface area contributed by atoms with Gasteiger partial charge < -0.3 is 14.8 Å². The van der Waals surface area contributed by atoms with E-state index in [-0.39, 0.29) is 24.3 Å².